The Bertz CT molecular complexity index is 1600. The summed E-state index contributed by atoms with van der Waals surface area (Å²) in [5.41, 5.74) is 0.226. The molecular formula is C37H43F3N2O5. The molecule has 5 aliphatic rings. The molecule has 1 amide bonds. The van der Waals surface area contributed by atoms with Gasteiger partial charge in [0.15, 0.2) is 11.5 Å². The number of benzene rings is 2. The SMILES string of the molecule is COc1ccc2c3c1O[C@H]1[C@H](N(CC(C)C)C(=O)C=Cc4cccc(C(F)(F)F)c4)CC[C@@]4(OC(C)=O)[C@@H](C2)N(CC2CC2)CC[C@]314. The van der Waals surface area contributed by atoms with Gasteiger partial charge in [0.1, 0.15) is 11.7 Å². The van der Waals surface area contributed by atoms with Crippen LogP contribution in [-0.2, 0) is 32.3 Å². The number of hydrogen-bond donors (Lipinski definition) is 0. The van der Waals surface area contributed by atoms with Crippen molar-refractivity contribution in [3.05, 3.63) is 64.7 Å². The summed E-state index contributed by atoms with van der Waals surface area (Å²) in [6.07, 6.45) is 2.86. The molecule has 0 aromatic heterocycles. The van der Waals surface area contributed by atoms with Crippen LogP contribution in [0.15, 0.2) is 42.5 Å². The lowest BCUT2D eigenvalue weighted by Crippen LogP contribution is -2.79. The predicted octanol–water partition coefficient (Wildman–Crippen LogP) is 6.42. The highest BCUT2D eigenvalue weighted by molar-refractivity contribution is 5.92. The second kappa shape index (κ2) is 11.6. The van der Waals surface area contributed by atoms with Gasteiger partial charge in [0.05, 0.1) is 30.2 Å². The first-order valence-electron chi connectivity index (χ1n) is 16.8. The van der Waals surface area contributed by atoms with Gasteiger partial charge in [-0.1, -0.05) is 32.0 Å². The van der Waals surface area contributed by atoms with E-state index >= 15 is 0 Å². The summed E-state index contributed by atoms with van der Waals surface area (Å²) < 4.78 is 59.6. The van der Waals surface area contributed by atoms with Gasteiger partial charge in [0.2, 0.25) is 5.91 Å². The number of amides is 1. The van der Waals surface area contributed by atoms with Crippen LogP contribution in [0.1, 0.15) is 75.1 Å². The standard InChI is InChI=1S/C37H43F3N2O5/c1-22(2)20-42(31(44)13-10-24-6-5-7-27(18-24)37(38,39)40)28-14-15-36(47-23(3)43)30-19-26-11-12-29(45-4)33-32(26)35(36,34(28)46-33)16-17-41(30)21-25-8-9-25/h5-7,10-13,18,22,25,28,30,34H,8-9,14-17,19-21H2,1-4H3/t28-,30-,34+,35+,36-/m1/s1. The molecule has 0 radical (unpaired) electrons. The zero-order valence-corrected chi connectivity index (χ0v) is 27.4. The monoisotopic (exact) mass is 652 g/mol. The lowest BCUT2D eigenvalue weighted by Gasteiger charge is -2.65. The molecule has 0 unspecified atom stereocenters. The van der Waals surface area contributed by atoms with Crippen LogP contribution in [0.4, 0.5) is 13.2 Å². The van der Waals surface area contributed by atoms with Crippen LogP contribution >= 0.6 is 0 Å². The molecule has 1 saturated heterocycles. The number of likely N-dealkylation sites (tertiary alicyclic amines) is 1. The first-order valence-corrected chi connectivity index (χ1v) is 16.8. The van der Waals surface area contributed by atoms with Crippen molar-refractivity contribution < 1.29 is 37.0 Å². The zero-order chi connectivity index (χ0) is 33.3. The predicted molar refractivity (Wildman–Crippen MR) is 170 cm³/mol. The Morgan fingerprint density at radius 1 is 1.15 bits per heavy atom. The maximum atomic E-state index is 14.1. The summed E-state index contributed by atoms with van der Waals surface area (Å²) in [5, 5.41) is 0. The molecule has 2 aromatic carbocycles. The Labute approximate surface area is 274 Å². The average Bonchev–Trinajstić information content (AvgIpc) is 3.77. The van der Waals surface area contributed by atoms with Gasteiger partial charge in [-0.25, -0.2) is 0 Å². The molecule has 5 atom stereocenters. The minimum Gasteiger partial charge on any atom is -0.493 e. The van der Waals surface area contributed by atoms with Crippen molar-refractivity contribution in [2.75, 3.05) is 26.7 Å². The van der Waals surface area contributed by atoms with Gasteiger partial charge in [0.25, 0.3) is 0 Å². The molecule has 2 saturated carbocycles. The lowest BCUT2D eigenvalue weighted by atomic mass is 9.48. The van der Waals surface area contributed by atoms with Crippen LogP contribution in [-0.4, -0.2) is 72.2 Å². The van der Waals surface area contributed by atoms with Crippen molar-refractivity contribution in [3.8, 4) is 11.5 Å². The van der Waals surface area contributed by atoms with E-state index in [0.717, 1.165) is 37.2 Å². The number of ether oxygens (including phenoxy) is 3. The van der Waals surface area contributed by atoms with E-state index in [9.17, 15) is 22.8 Å². The number of esters is 1. The Morgan fingerprint density at radius 2 is 1.94 bits per heavy atom. The van der Waals surface area contributed by atoms with Crippen molar-refractivity contribution in [1.82, 2.24) is 9.80 Å². The van der Waals surface area contributed by atoms with Gasteiger partial charge < -0.3 is 19.1 Å². The van der Waals surface area contributed by atoms with E-state index in [1.54, 1.807) is 13.2 Å². The van der Waals surface area contributed by atoms with Gasteiger partial charge in [-0.05, 0) is 92.3 Å². The third-order valence-corrected chi connectivity index (χ3v) is 11.1. The maximum Gasteiger partial charge on any atom is 0.416 e. The summed E-state index contributed by atoms with van der Waals surface area (Å²) in [6.45, 7) is 7.82. The molecule has 0 N–H and O–H groups in total. The molecular weight excluding hydrogens is 609 g/mol. The van der Waals surface area contributed by atoms with E-state index in [2.05, 4.69) is 11.0 Å². The first kappa shape index (κ1) is 32.0. The number of piperidine rings is 1. The highest BCUT2D eigenvalue weighted by Crippen LogP contribution is 2.67. The molecule has 2 aliphatic heterocycles. The number of methoxy groups -OCH3 is 1. The molecule has 47 heavy (non-hydrogen) atoms. The molecule has 3 aliphatic carbocycles. The molecule has 2 bridgehead atoms. The van der Waals surface area contributed by atoms with E-state index in [1.807, 2.05) is 24.8 Å². The highest BCUT2D eigenvalue weighted by atomic mass is 19.4. The number of hydrogen-bond acceptors (Lipinski definition) is 6. The fourth-order valence-electron chi connectivity index (χ4n) is 9.22. The Kier molecular flexibility index (Phi) is 7.88. The summed E-state index contributed by atoms with van der Waals surface area (Å²) in [4.78, 5) is 31.5. The van der Waals surface area contributed by atoms with Crippen LogP contribution in [0.5, 0.6) is 11.5 Å². The molecule has 2 heterocycles. The third-order valence-electron chi connectivity index (χ3n) is 11.1. The van der Waals surface area contributed by atoms with E-state index in [1.165, 1.54) is 43.5 Å². The minimum atomic E-state index is -4.48. The van der Waals surface area contributed by atoms with Crippen LogP contribution < -0.4 is 9.47 Å². The molecule has 252 valence electrons. The van der Waals surface area contributed by atoms with Crippen molar-refractivity contribution in [3.63, 3.8) is 0 Å². The zero-order valence-electron chi connectivity index (χ0n) is 27.4. The maximum absolute atomic E-state index is 14.1. The number of carbonyl (C=O) groups is 2. The molecule has 10 heteroatoms. The smallest absolute Gasteiger partial charge is 0.416 e. The van der Waals surface area contributed by atoms with Crippen molar-refractivity contribution in [2.24, 2.45) is 11.8 Å². The van der Waals surface area contributed by atoms with Gasteiger partial charge in [-0.15, -0.1) is 0 Å². The summed E-state index contributed by atoms with van der Waals surface area (Å²) in [6, 6.07) is 8.66. The second-order valence-electron chi connectivity index (χ2n) is 14.5. The number of alkyl halides is 3. The van der Waals surface area contributed by atoms with E-state index in [-0.39, 0.29) is 29.9 Å². The molecule has 7 rings (SSSR count). The Hall–Kier alpha value is -3.53. The van der Waals surface area contributed by atoms with Gasteiger partial charge in [-0.2, -0.15) is 13.2 Å². The van der Waals surface area contributed by atoms with Gasteiger partial charge >= 0.3 is 12.1 Å². The second-order valence-corrected chi connectivity index (χ2v) is 14.5. The van der Waals surface area contributed by atoms with Crippen LogP contribution in [0, 0.1) is 11.8 Å². The number of carbonyl (C=O) groups excluding carboxylic acids is 2. The normalized spacial score (nSPS) is 29.4. The number of rotatable bonds is 9. The Balaban J connectivity index is 1.31. The molecule has 3 fully saturated rings. The summed E-state index contributed by atoms with van der Waals surface area (Å²) in [5.74, 6) is 1.46. The Morgan fingerprint density at radius 3 is 2.62 bits per heavy atom. The van der Waals surface area contributed by atoms with E-state index in [4.69, 9.17) is 14.2 Å². The van der Waals surface area contributed by atoms with Gasteiger partial charge in [-0.3, -0.25) is 14.5 Å². The number of halogens is 3. The lowest BCUT2D eigenvalue weighted by molar-refractivity contribution is -0.224. The van der Waals surface area contributed by atoms with Gasteiger partial charge in [0, 0.05) is 31.7 Å². The van der Waals surface area contributed by atoms with Crippen molar-refractivity contribution in [2.45, 2.75) is 94.7 Å². The minimum absolute atomic E-state index is 0.0188. The van der Waals surface area contributed by atoms with Crippen molar-refractivity contribution in [1.29, 1.82) is 0 Å². The molecule has 2 aromatic rings. The highest BCUT2D eigenvalue weighted by Gasteiger charge is 2.76. The summed E-state index contributed by atoms with van der Waals surface area (Å²) in [7, 11) is 1.62. The third kappa shape index (κ3) is 5.22. The largest absolute Gasteiger partial charge is 0.493 e. The van der Waals surface area contributed by atoms with Crippen LogP contribution in [0.3, 0.4) is 0 Å². The van der Waals surface area contributed by atoms with Crippen LogP contribution in [0.2, 0.25) is 0 Å². The first-order chi connectivity index (χ1) is 22.4. The topological polar surface area (TPSA) is 68.3 Å². The van der Waals surface area contributed by atoms with E-state index in [0.29, 0.717) is 48.8 Å². The molecule has 1 spiro atoms. The summed E-state index contributed by atoms with van der Waals surface area (Å²) >= 11 is 0. The fraction of sp³-hybridized carbons (Fsp3) is 0.568. The fourth-order valence-corrected chi connectivity index (χ4v) is 9.22. The quantitative estimate of drug-likeness (QED) is 0.230. The average molecular weight is 653 g/mol. The van der Waals surface area contributed by atoms with E-state index < -0.39 is 28.9 Å². The molecule has 7 nitrogen and oxygen atoms in total. The van der Waals surface area contributed by atoms with Crippen LogP contribution in [0.25, 0.3) is 6.08 Å². The van der Waals surface area contributed by atoms with Crippen molar-refractivity contribution >= 4 is 18.0 Å². The number of nitrogens with zero attached hydrogens (tertiary/aromatic N) is 2.